The van der Waals surface area contributed by atoms with Crippen LogP contribution in [0.5, 0.6) is 5.75 Å². The molecular weight excluding hydrogens is 338 g/mol. The minimum absolute atomic E-state index is 0. The summed E-state index contributed by atoms with van der Waals surface area (Å²) < 4.78 is 54.3. The van der Waals surface area contributed by atoms with E-state index in [1.54, 1.807) is 0 Å². The van der Waals surface area contributed by atoms with Crippen LogP contribution in [0.4, 0.5) is 17.6 Å². The molecule has 0 aromatic heterocycles. The summed E-state index contributed by atoms with van der Waals surface area (Å²) in [5, 5.41) is 10.3. The maximum atomic E-state index is 13.9. The Bertz CT molecular complexity index is 507. The highest BCUT2D eigenvalue weighted by atomic mass is 35.5. The van der Waals surface area contributed by atoms with E-state index in [4.69, 9.17) is 5.73 Å². The van der Waals surface area contributed by atoms with E-state index in [2.05, 4.69) is 4.74 Å². The van der Waals surface area contributed by atoms with Gasteiger partial charge in [-0.05, 0) is 37.0 Å². The number of aliphatic hydroxyl groups excluding tert-OH is 1. The molecule has 23 heavy (non-hydrogen) atoms. The van der Waals surface area contributed by atoms with Gasteiger partial charge in [-0.1, -0.05) is 19.3 Å². The van der Waals surface area contributed by atoms with Crippen molar-refractivity contribution >= 4 is 12.4 Å². The number of alkyl halides is 3. The Kier molecular flexibility index (Phi) is 7.10. The van der Waals surface area contributed by atoms with Crippen LogP contribution in [-0.4, -0.2) is 17.6 Å². The average molecular weight is 358 g/mol. The van der Waals surface area contributed by atoms with Crippen LogP contribution in [0.25, 0.3) is 0 Å². The number of nitrogens with two attached hydrogens (primary N) is 1. The van der Waals surface area contributed by atoms with E-state index in [9.17, 15) is 22.7 Å². The summed E-state index contributed by atoms with van der Waals surface area (Å²) in [6.45, 7) is 0. The number of halogens is 5. The van der Waals surface area contributed by atoms with Gasteiger partial charge in [-0.15, -0.1) is 25.6 Å². The standard InChI is InChI=1S/C15H19F4NO2.ClH/c16-12-7-6-10(22-15(17,18)19)8-11(12)13(20)14(21)9-4-2-1-3-5-9;/h6-9,13-14,21H,1-5,20H2;1H/t13-,14+;/m1./s1. The Morgan fingerprint density at radius 1 is 1.17 bits per heavy atom. The summed E-state index contributed by atoms with van der Waals surface area (Å²) in [5.74, 6) is -1.36. The minimum Gasteiger partial charge on any atom is -0.406 e. The number of ether oxygens (including phenoxy) is 1. The molecule has 1 aliphatic rings. The number of rotatable bonds is 4. The van der Waals surface area contributed by atoms with Crippen molar-refractivity contribution < 1.29 is 27.4 Å². The summed E-state index contributed by atoms with van der Waals surface area (Å²) in [6, 6.07) is 1.56. The molecule has 0 unspecified atom stereocenters. The van der Waals surface area contributed by atoms with Crippen LogP contribution in [0.2, 0.25) is 0 Å². The van der Waals surface area contributed by atoms with Crippen molar-refractivity contribution in [2.75, 3.05) is 0 Å². The summed E-state index contributed by atoms with van der Waals surface area (Å²) in [4.78, 5) is 0. The zero-order valence-electron chi connectivity index (χ0n) is 12.4. The fourth-order valence-corrected chi connectivity index (χ4v) is 2.93. The third-order valence-corrected chi connectivity index (χ3v) is 4.06. The Hall–Kier alpha value is -1.05. The lowest BCUT2D eigenvalue weighted by molar-refractivity contribution is -0.274. The third-order valence-electron chi connectivity index (χ3n) is 4.06. The number of hydrogen-bond acceptors (Lipinski definition) is 3. The van der Waals surface area contributed by atoms with E-state index in [-0.39, 0.29) is 23.9 Å². The van der Waals surface area contributed by atoms with Gasteiger partial charge < -0.3 is 15.6 Å². The third kappa shape index (κ3) is 5.51. The van der Waals surface area contributed by atoms with E-state index < -0.39 is 30.1 Å². The van der Waals surface area contributed by atoms with Gasteiger partial charge in [0.25, 0.3) is 0 Å². The molecule has 0 saturated heterocycles. The molecule has 2 atom stereocenters. The van der Waals surface area contributed by atoms with Gasteiger partial charge in [0.15, 0.2) is 0 Å². The molecule has 8 heteroatoms. The number of benzene rings is 1. The van der Waals surface area contributed by atoms with Crippen LogP contribution in [0.1, 0.15) is 43.7 Å². The molecule has 0 aliphatic heterocycles. The van der Waals surface area contributed by atoms with Gasteiger partial charge in [0, 0.05) is 5.56 Å². The van der Waals surface area contributed by atoms with Crippen LogP contribution >= 0.6 is 12.4 Å². The summed E-state index contributed by atoms with van der Waals surface area (Å²) >= 11 is 0. The van der Waals surface area contributed by atoms with E-state index >= 15 is 0 Å². The first-order valence-electron chi connectivity index (χ1n) is 7.27. The van der Waals surface area contributed by atoms with Crippen molar-refractivity contribution in [1.29, 1.82) is 0 Å². The second-order valence-corrected chi connectivity index (χ2v) is 5.65. The number of aliphatic hydroxyl groups is 1. The molecule has 1 saturated carbocycles. The fraction of sp³-hybridized carbons (Fsp3) is 0.600. The van der Waals surface area contributed by atoms with Crippen molar-refractivity contribution in [3.63, 3.8) is 0 Å². The lowest BCUT2D eigenvalue weighted by atomic mass is 9.81. The van der Waals surface area contributed by atoms with Crippen LogP contribution in [0.3, 0.4) is 0 Å². The van der Waals surface area contributed by atoms with Crippen molar-refractivity contribution in [3.05, 3.63) is 29.6 Å². The van der Waals surface area contributed by atoms with Gasteiger partial charge in [0.2, 0.25) is 0 Å². The van der Waals surface area contributed by atoms with Gasteiger partial charge in [0.1, 0.15) is 11.6 Å². The summed E-state index contributed by atoms with van der Waals surface area (Å²) in [5.41, 5.74) is 5.71. The van der Waals surface area contributed by atoms with Gasteiger partial charge in [-0.3, -0.25) is 0 Å². The molecule has 1 aromatic carbocycles. The second-order valence-electron chi connectivity index (χ2n) is 5.65. The van der Waals surface area contributed by atoms with Crippen LogP contribution in [0, 0.1) is 11.7 Å². The Morgan fingerprint density at radius 2 is 1.78 bits per heavy atom. The van der Waals surface area contributed by atoms with Gasteiger partial charge >= 0.3 is 6.36 Å². The maximum Gasteiger partial charge on any atom is 0.573 e. The molecule has 1 aliphatic carbocycles. The van der Waals surface area contributed by atoms with E-state index in [1.165, 1.54) is 0 Å². The highest BCUT2D eigenvalue weighted by Gasteiger charge is 2.33. The SMILES string of the molecule is Cl.N[C@H](c1cc(OC(F)(F)F)ccc1F)[C@@H](O)C1CCCCC1. The molecule has 132 valence electrons. The molecule has 2 rings (SSSR count). The molecule has 1 fully saturated rings. The van der Waals surface area contributed by atoms with Gasteiger partial charge in [-0.25, -0.2) is 4.39 Å². The Labute approximate surface area is 138 Å². The predicted octanol–water partition coefficient (Wildman–Crippen LogP) is 4.09. The topological polar surface area (TPSA) is 55.5 Å². The molecule has 0 spiro atoms. The molecular formula is C15H20ClF4NO2. The molecule has 3 N–H and O–H groups in total. The Morgan fingerprint density at radius 3 is 2.35 bits per heavy atom. The molecule has 1 aromatic rings. The Balaban J connectivity index is 0.00000264. The summed E-state index contributed by atoms with van der Waals surface area (Å²) in [7, 11) is 0. The minimum atomic E-state index is -4.86. The fourth-order valence-electron chi connectivity index (χ4n) is 2.93. The van der Waals surface area contributed by atoms with Gasteiger partial charge in [-0.2, -0.15) is 0 Å². The smallest absolute Gasteiger partial charge is 0.406 e. The largest absolute Gasteiger partial charge is 0.573 e. The first-order chi connectivity index (χ1) is 10.3. The second kappa shape index (κ2) is 8.17. The monoisotopic (exact) mass is 357 g/mol. The van der Waals surface area contributed by atoms with E-state index in [1.807, 2.05) is 0 Å². The highest BCUT2D eigenvalue weighted by Crippen LogP contribution is 2.34. The van der Waals surface area contributed by atoms with Crippen molar-refractivity contribution in [2.24, 2.45) is 11.7 Å². The lowest BCUT2D eigenvalue weighted by Gasteiger charge is -2.30. The maximum absolute atomic E-state index is 13.9. The zero-order chi connectivity index (χ0) is 16.3. The first-order valence-corrected chi connectivity index (χ1v) is 7.27. The highest BCUT2D eigenvalue weighted by molar-refractivity contribution is 5.85. The van der Waals surface area contributed by atoms with E-state index in [0.29, 0.717) is 0 Å². The van der Waals surface area contributed by atoms with Crippen LogP contribution in [0.15, 0.2) is 18.2 Å². The van der Waals surface area contributed by atoms with E-state index in [0.717, 1.165) is 50.3 Å². The average Bonchev–Trinajstić information content (AvgIpc) is 2.47. The van der Waals surface area contributed by atoms with Crippen molar-refractivity contribution in [2.45, 2.75) is 50.6 Å². The van der Waals surface area contributed by atoms with Crippen LogP contribution < -0.4 is 10.5 Å². The van der Waals surface area contributed by atoms with Crippen molar-refractivity contribution in [3.8, 4) is 5.75 Å². The molecule has 3 nitrogen and oxygen atoms in total. The lowest BCUT2D eigenvalue weighted by Crippen LogP contribution is -2.34. The predicted molar refractivity (Wildman–Crippen MR) is 79.8 cm³/mol. The normalized spacial score (nSPS) is 18.9. The number of hydrogen-bond donors (Lipinski definition) is 2. The summed E-state index contributed by atoms with van der Waals surface area (Å²) in [6.07, 6.45) is -1.26. The van der Waals surface area contributed by atoms with Crippen molar-refractivity contribution in [1.82, 2.24) is 0 Å². The molecule has 0 radical (unpaired) electrons. The molecule has 0 amide bonds. The van der Waals surface area contributed by atoms with Crippen LogP contribution in [-0.2, 0) is 0 Å². The zero-order valence-corrected chi connectivity index (χ0v) is 13.2. The molecule has 0 bridgehead atoms. The first kappa shape index (κ1) is 20.0. The molecule has 0 heterocycles. The van der Waals surface area contributed by atoms with Gasteiger partial charge in [0.05, 0.1) is 12.1 Å². The quantitative estimate of drug-likeness (QED) is 0.798.